The summed E-state index contributed by atoms with van der Waals surface area (Å²) >= 11 is 0. The molecule has 1 aromatic rings. The van der Waals surface area contributed by atoms with Gasteiger partial charge in [0.15, 0.2) is 0 Å². The Morgan fingerprint density at radius 2 is 1.95 bits per heavy atom. The van der Waals surface area contributed by atoms with Gasteiger partial charge in [0, 0.05) is 12.8 Å². The predicted octanol–water partition coefficient (Wildman–Crippen LogP) is 3.41. The van der Waals surface area contributed by atoms with Gasteiger partial charge in [-0.05, 0) is 37.5 Å². The van der Waals surface area contributed by atoms with Gasteiger partial charge in [-0.25, -0.2) is 9.18 Å². The highest BCUT2D eigenvalue weighted by Crippen LogP contribution is 2.45. The van der Waals surface area contributed by atoms with Crippen LogP contribution in [-0.4, -0.2) is 24.3 Å². The van der Waals surface area contributed by atoms with E-state index in [1.165, 1.54) is 19.1 Å². The second-order valence-corrected chi connectivity index (χ2v) is 5.47. The van der Waals surface area contributed by atoms with Crippen LogP contribution in [0.2, 0.25) is 0 Å². The fraction of sp³-hybridized carbons (Fsp3) is 0.500. The van der Waals surface area contributed by atoms with Crippen molar-refractivity contribution in [1.82, 2.24) is 0 Å². The number of ketones is 1. The molecule has 1 unspecified atom stereocenters. The lowest BCUT2D eigenvalue weighted by molar-refractivity contribution is -0.174. The molecular weight excluding hydrogens is 297 g/mol. The minimum absolute atomic E-state index is 0.161. The summed E-state index contributed by atoms with van der Waals surface area (Å²) in [6, 6.07) is 4.93. The number of halogens is 3. The van der Waals surface area contributed by atoms with Gasteiger partial charge in [0.05, 0.1) is 12.0 Å². The maximum Gasteiger partial charge on any atom is 0.377 e. The van der Waals surface area contributed by atoms with Gasteiger partial charge < -0.3 is 4.74 Å². The molecule has 0 N–H and O–H groups in total. The monoisotopic (exact) mass is 314 g/mol. The molecule has 1 atom stereocenters. The van der Waals surface area contributed by atoms with Crippen molar-refractivity contribution in [3.8, 4) is 0 Å². The molecule has 6 heteroatoms. The largest absolute Gasteiger partial charge is 0.462 e. The van der Waals surface area contributed by atoms with Gasteiger partial charge in [-0.1, -0.05) is 12.1 Å². The van der Waals surface area contributed by atoms with Crippen LogP contribution in [-0.2, 0) is 19.7 Å². The van der Waals surface area contributed by atoms with E-state index >= 15 is 0 Å². The van der Waals surface area contributed by atoms with Crippen LogP contribution in [0.3, 0.4) is 0 Å². The first kappa shape index (κ1) is 16.5. The number of rotatable bonds is 5. The van der Waals surface area contributed by atoms with Crippen LogP contribution in [0.5, 0.6) is 0 Å². The Morgan fingerprint density at radius 3 is 2.45 bits per heavy atom. The topological polar surface area (TPSA) is 43.4 Å². The Kier molecular flexibility index (Phi) is 4.58. The van der Waals surface area contributed by atoms with Crippen LogP contribution in [0.15, 0.2) is 24.3 Å². The third-order valence-corrected chi connectivity index (χ3v) is 4.04. The van der Waals surface area contributed by atoms with Gasteiger partial charge >= 0.3 is 11.9 Å². The van der Waals surface area contributed by atoms with Crippen molar-refractivity contribution >= 4 is 11.8 Å². The van der Waals surface area contributed by atoms with Crippen LogP contribution in [0, 0.1) is 5.82 Å². The van der Waals surface area contributed by atoms with Crippen molar-refractivity contribution < 1.29 is 27.5 Å². The molecular formula is C16H17F3O3. The fourth-order valence-corrected chi connectivity index (χ4v) is 2.98. The molecule has 1 aliphatic rings. The summed E-state index contributed by atoms with van der Waals surface area (Å²) in [4.78, 5) is 23.7. The smallest absolute Gasteiger partial charge is 0.377 e. The lowest BCUT2D eigenvalue weighted by Gasteiger charge is -2.31. The van der Waals surface area contributed by atoms with Crippen LogP contribution >= 0.6 is 0 Å². The summed E-state index contributed by atoms with van der Waals surface area (Å²) in [6.07, 6.45) is -0.0822. The Morgan fingerprint density at radius 1 is 1.32 bits per heavy atom. The standard InChI is InChI=1S/C16H17F3O3/c1-2-22-14(21)16(18,19)10-15(9-3-4-13(15)20)11-5-7-12(17)8-6-11/h5-8H,2-4,9-10H2,1H3. The van der Waals surface area contributed by atoms with E-state index in [4.69, 9.17) is 0 Å². The SMILES string of the molecule is CCOC(=O)C(F)(F)CC1(c2ccc(F)cc2)CCCC1=O. The quantitative estimate of drug-likeness (QED) is 0.782. The number of ether oxygens (including phenoxy) is 1. The Hall–Kier alpha value is -1.85. The van der Waals surface area contributed by atoms with Gasteiger partial charge in [0.1, 0.15) is 11.6 Å². The van der Waals surface area contributed by atoms with Gasteiger partial charge in [-0.2, -0.15) is 8.78 Å². The summed E-state index contributed by atoms with van der Waals surface area (Å²) in [6.45, 7) is 1.27. The molecule has 1 saturated carbocycles. The molecule has 0 bridgehead atoms. The molecule has 0 heterocycles. The molecule has 2 rings (SSSR count). The highest BCUT2D eigenvalue weighted by Gasteiger charge is 2.54. The van der Waals surface area contributed by atoms with Gasteiger partial charge in [0.25, 0.3) is 0 Å². The van der Waals surface area contributed by atoms with E-state index in [2.05, 4.69) is 4.74 Å². The molecule has 0 radical (unpaired) electrons. The Bertz CT molecular complexity index is 569. The summed E-state index contributed by atoms with van der Waals surface area (Å²) in [5.41, 5.74) is -1.13. The third kappa shape index (κ3) is 3.00. The second kappa shape index (κ2) is 6.10. The Labute approximate surface area is 126 Å². The molecule has 1 fully saturated rings. The zero-order chi connectivity index (χ0) is 16.4. The average molecular weight is 314 g/mol. The van der Waals surface area contributed by atoms with E-state index < -0.39 is 29.5 Å². The number of Topliss-reactive ketones (excluding diaryl/α,β-unsaturated/α-hetero) is 1. The van der Waals surface area contributed by atoms with E-state index in [0.29, 0.717) is 12.0 Å². The summed E-state index contributed by atoms with van der Waals surface area (Å²) < 4.78 is 45.7. The minimum atomic E-state index is -3.76. The number of carbonyl (C=O) groups is 2. The van der Waals surface area contributed by atoms with Crippen LogP contribution < -0.4 is 0 Å². The normalized spacial score (nSPS) is 21.9. The van der Waals surface area contributed by atoms with Crippen LogP contribution in [0.25, 0.3) is 0 Å². The van der Waals surface area contributed by atoms with Crippen LogP contribution in [0.1, 0.15) is 38.2 Å². The maximum absolute atomic E-state index is 14.1. The number of hydrogen-bond acceptors (Lipinski definition) is 3. The van der Waals surface area contributed by atoms with E-state index in [-0.39, 0.29) is 25.2 Å². The van der Waals surface area contributed by atoms with Crippen molar-refractivity contribution in [3.05, 3.63) is 35.6 Å². The van der Waals surface area contributed by atoms with E-state index in [9.17, 15) is 22.8 Å². The molecule has 0 saturated heterocycles. The second-order valence-electron chi connectivity index (χ2n) is 5.47. The Balaban J connectivity index is 2.37. The van der Waals surface area contributed by atoms with Crippen molar-refractivity contribution in [2.45, 2.75) is 43.9 Å². The third-order valence-electron chi connectivity index (χ3n) is 4.04. The number of benzene rings is 1. The van der Waals surface area contributed by atoms with Crippen molar-refractivity contribution in [2.24, 2.45) is 0 Å². The average Bonchev–Trinajstić information content (AvgIpc) is 2.81. The highest BCUT2D eigenvalue weighted by molar-refractivity contribution is 5.93. The van der Waals surface area contributed by atoms with Gasteiger partial charge in [-0.15, -0.1) is 0 Å². The molecule has 0 spiro atoms. The maximum atomic E-state index is 14.1. The van der Waals surface area contributed by atoms with Crippen LogP contribution in [0.4, 0.5) is 13.2 Å². The number of carbonyl (C=O) groups excluding carboxylic acids is 2. The summed E-state index contributed by atoms with van der Waals surface area (Å²) in [7, 11) is 0. The first-order valence-electron chi connectivity index (χ1n) is 7.16. The van der Waals surface area contributed by atoms with Crippen molar-refractivity contribution in [2.75, 3.05) is 6.61 Å². The van der Waals surface area contributed by atoms with Gasteiger partial charge in [0.2, 0.25) is 0 Å². The molecule has 22 heavy (non-hydrogen) atoms. The molecule has 120 valence electrons. The first-order valence-corrected chi connectivity index (χ1v) is 7.16. The minimum Gasteiger partial charge on any atom is -0.462 e. The molecule has 1 aromatic carbocycles. The molecule has 0 amide bonds. The first-order chi connectivity index (χ1) is 10.3. The van der Waals surface area contributed by atoms with E-state index in [1.807, 2.05) is 0 Å². The molecule has 3 nitrogen and oxygen atoms in total. The lowest BCUT2D eigenvalue weighted by Crippen LogP contribution is -2.42. The lowest BCUT2D eigenvalue weighted by atomic mass is 9.73. The number of esters is 1. The predicted molar refractivity (Wildman–Crippen MR) is 73.1 cm³/mol. The van der Waals surface area contributed by atoms with Crippen molar-refractivity contribution in [3.63, 3.8) is 0 Å². The van der Waals surface area contributed by atoms with E-state index in [0.717, 1.165) is 12.1 Å². The van der Waals surface area contributed by atoms with E-state index in [1.54, 1.807) is 0 Å². The van der Waals surface area contributed by atoms with Gasteiger partial charge in [-0.3, -0.25) is 4.79 Å². The molecule has 1 aliphatic carbocycles. The highest BCUT2D eigenvalue weighted by atomic mass is 19.3. The number of alkyl halides is 2. The fourth-order valence-electron chi connectivity index (χ4n) is 2.98. The summed E-state index contributed by atoms with van der Waals surface area (Å²) in [5, 5.41) is 0. The number of hydrogen-bond donors (Lipinski definition) is 0. The summed E-state index contributed by atoms with van der Waals surface area (Å²) in [5.74, 6) is -6.24. The van der Waals surface area contributed by atoms with Crippen molar-refractivity contribution in [1.29, 1.82) is 0 Å². The zero-order valence-electron chi connectivity index (χ0n) is 12.2. The molecule has 0 aliphatic heterocycles. The molecule has 0 aromatic heterocycles. The zero-order valence-corrected chi connectivity index (χ0v) is 12.2.